The molecule has 10 heteroatoms. The lowest BCUT2D eigenvalue weighted by molar-refractivity contribution is -0.159. The third-order valence-electron chi connectivity index (χ3n) is 3.56. The predicted octanol–water partition coefficient (Wildman–Crippen LogP) is 1.45. The zero-order valence-corrected chi connectivity index (χ0v) is 11.5. The van der Waals surface area contributed by atoms with Crippen molar-refractivity contribution in [1.82, 2.24) is 24.8 Å². The number of hydrogen-bond acceptors (Lipinski definition) is 5. The number of aryl methyl sites for hydroxylation is 1. The van der Waals surface area contributed by atoms with Gasteiger partial charge in [0.15, 0.2) is 5.82 Å². The Labute approximate surface area is 122 Å². The molecular formula is C12H12F3N5O2. The van der Waals surface area contributed by atoms with Crippen LogP contribution in [0.5, 0.6) is 0 Å². The summed E-state index contributed by atoms with van der Waals surface area (Å²) in [5, 5.41) is 7.30. The summed E-state index contributed by atoms with van der Waals surface area (Å²) < 4.78 is 43.0. The Hall–Kier alpha value is -2.39. The molecule has 0 saturated carbocycles. The van der Waals surface area contributed by atoms with Crippen LogP contribution in [0.2, 0.25) is 0 Å². The molecule has 2 aromatic heterocycles. The summed E-state index contributed by atoms with van der Waals surface area (Å²) in [7, 11) is 1.65. The lowest BCUT2D eigenvalue weighted by atomic mass is 10.1. The predicted molar refractivity (Wildman–Crippen MR) is 65.8 cm³/mol. The first kappa shape index (κ1) is 14.5. The van der Waals surface area contributed by atoms with Crippen molar-refractivity contribution in [2.45, 2.75) is 18.5 Å². The van der Waals surface area contributed by atoms with E-state index in [1.165, 1.54) is 10.9 Å². The molecule has 2 aromatic rings. The van der Waals surface area contributed by atoms with Gasteiger partial charge in [-0.25, -0.2) is 0 Å². The van der Waals surface area contributed by atoms with Crippen molar-refractivity contribution < 1.29 is 22.5 Å². The van der Waals surface area contributed by atoms with E-state index in [4.69, 9.17) is 0 Å². The van der Waals surface area contributed by atoms with Crippen LogP contribution in [0.25, 0.3) is 0 Å². The van der Waals surface area contributed by atoms with Crippen molar-refractivity contribution in [3.05, 3.63) is 29.7 Å². The maximum Gasteiger partial charge on any atom is 0.471 e. The number of likely N-dealkylation sites (tertiary alicyclic amines) is 1. The molecule has 1 fully saturated rings. The molecule has 0 N–H and O–H groups in total. The second-order valence-electron chi connectivity index (χ2n) is 5.03. The zero-order valence-electron chi connectivity index (χ0n) is 11.5. The minimum Gasteiger partial charge on any atom is -0.337 e. The van der Waals surface area contributed by atoms with E-state index in [-0.39, 0.29) is 24.2 Å². The molecule has 1 amide bonds. The molecule has 1 saturated heterocycles. The second kappa shape index (κ2) is 5.11. The lowest BCUT2D eigenvalue weighted by Gasteiger charge is -2.15. The van der Waals surface area contributed by atoms with Crippen LogP contribution in [-0.2, 0) is 13.2 Å². The van der Waals surface area contributed by atoms with Gasteiger partial charge in [0.1, 0.15) is 5.69 Å². The van der Waals surface area contributed by atoms with Gasteiger partial charge in [-0.3, -0.25) is 9.48 Å². The molecule has 3 rings (SSSR count). The number of hydrogen-bond donors (Lipinski definition) is 0. The minimum atomic E-state index is -4.66. The molecule has 3 heterocycles. The van der Waals surface area contributed by atoms with Gasteiger partial charge in [0.25, 0.3) is 5.91 Å². The Kier molecular flexibility index (Phi) is 3.38. The summed E-state index contributed by atoms with van der Waals surface area (Å²) in [5.74, 6) is -1.97. The summed E-state index contributed by atoms with van der Waals surface area (Å²) >= 11 is 0. The van der Waals surface area contributed by atoms with Gasteiger partial charge in [0.05, 0.1) is 0 Å². The number of halogens is 3. The smallest absolute Gasteiger partial charge is 0.337 e. The Morgan fingerprint density at radius 1 is 1.45 bits per heavy atom. The summed E-state index contributed by atoms with van der Waals surface area (Å²) in [6, 6.07) is 1.59. The highest BCUT2D eigenvalue weighted by Crippen LogP contribution is 2.31. The van der Waals surface area contributed by atoms with Gasteiger partial charge in [0.2, 0.25) is 0 Å². The molecule has 22 heavy (non-hydrogen) atoms. The first-order valence-electron chi connectivity index (χ1n) is 6.54. The highest BCUT2D eigenvalue weighted by molar-refractivity contribution is 5.92. The maximum atomic E-state index is 12.5. The number of aromatic nitrogens is 4. The van der Waals surface area contributed by atoms with E-state index < -0.39 is 12.1 Å². The molecule has 0 radical (unpaired) electrons. The van der Waals surface area contributed by atoms with E-state index in [2.05, 4.69) is 19.8 Å². The monoisotopic (exact) mass is 315 g/mol. The highest BCUT2D eigenvalue weighted by atomic mass is 19.4. The number of alkyl halides is 3. The van der Waals surface area contributed by atoms with Crippen LogP contribution in [0.4, 0.5) is 13.2 Å². The Balaban J connectivity index is 1.71. The summed E-state index contributed by atoms with van der Waals surface area (Å²) in [5.41, 5.74) is 0.421. The Morgan fingerprint density at radius 2 is 2.23 bits per heavy atom. The average molecular weight is 315 g/mol. The van der Waals surface area contributed by atoms with Gasteiger partial charge in [-0.1, -0.05) is 5.16 Å². The fourth-order valence-electron chi connectivity index (χ4n) is 2.42. The van der Waals surface area contributed by atoms with Crippen LogP contribution in [0.15, 0.2) is 16.8 Å². The number of amides is 1. The van der Waals surface area contributed by atoms with Gasteiger partial charge in [-0.15, -0.1) is 0 Å². The molecule has 0 bridgehead atoms. The normalized spacial score (nSPS) is 18.9. The van der Waals surface area contributed by atoms with Gasteiger partial charge in [0, 0.05) is 32.3 Å². The van der Waals surface area contributed by atoms with Crippen molar-refractivity contribution in [1.29, 1.82) is 0 Å². The van der Waals surface area contributed by atoms with E-state index >= 15 is 0 Å². The van der Waals surface area contributed by atoms with Crippen molar-refractivity contribution in [3.8, 4) is 0 Å². The molecule has 1 aliphatic rings. The molecular weight excluding hydrogens is 303 g/mol. The van der Waals surface area contributed by atoms with E-state index in [1.807, 2.05) is 0 Å². The first-order valence-corrected chi connectivity index (χ1v) is 6.54. The Bertz CT molecular complexity index is 693. The highest BCUT2D eigenvalue weighted by Gasteiger charge is 2.40. The number of carbonyl (C=O) groups is 1. The van der Waals surface area contributed by atoms with Gasteiger partial charge >= 0.3 is 12.1 Å². The Morgan fingerprint density at radius 3 is 2.82 bits per heavy atom. The average Bonchev–Trinajstić information content (AvgIpc) is 3.16. The van der Waals surface area contributed by atoms with Crippen LogP contribution >= 0.6 is 0 Å². The summed E-state index contributed by atoms with van der Waals surface area (Å²) in [6.45, 7) is 0.672. The summed E-state index contributed by atoms with van der Waals surface area (Å²) in [6.07, 6.45) is -2.66. The zero-order chi connectivity index (χ0) is 15.9. The minimum absolute atomic E-state index is 0.0207. The van der Waals surface area contributed by atoms with Crippen LogP contribution < -0.4 is 0 Å². The second-order valence-corrected chi connectivity index (χ2v) is 5.03. The fourth-order valence-corrected chi connectivity index (χ4v) is 2.42. The van der Waals surface area contributed by atoms with Crippen molar-refractivity contribution in [2.24, 2.45) is 7.05 Å². The number of nitrogens with zero attached hydrogens (tertiary/aromatic N) is 5. The van der Waals surface area contributed by atoms with Crippen molar-refractivity contribution in [3.63, 3.8) is 0 Å². The molecule has 1 atom stereocenters. The third kappa shape index (κ3) is 2.55. The van der Waals surface area contributed by atoms with Crippen molar-refractivity contribution in [2.75, 3.05) is 13.1 Å². The standard InChI is InChI=1S/C12H12F3N5O2/c1-19-8(2-4-16-19)10(21)20-5-3-7(6-20)9-17-11(22-18-9)12(13,14)15/h2,4,7H,3,5-6H2,1H3. The molecule has 0 aromatic carbocycles. The van der Waals surface area contributed by atoms with Gasteiger partial charge < -0.3 is 9.42 Å². The van der Waals surface area contributed by atoms with Crippen molar-refractivity contribution >= 4 is 5.91 Å². The van der Waals surface area contributed by atoms with E-state index in [1.54, 1.807) is 18.0 Å². The molecule has 0 spiro atoms. The molecule has 1 aliphatic heterocycles. The largest absolute Gasteiger partial charge is 0.471 e. The molecule has 118 valence electrons. The lowest BCUT2D eigenvalue weighted by Crippen LogP contribution is -2.30. The van der Waals surface area contributed by atoms with Crippen LogP contribution in [0, 0.1) is 0 Å². The molecule has 7 nitrogen and oxygen atoms in total. The topological polar surface area (TPSA) is 77.0 Å². The fraction of sp³-hybridized carbons (Fsp3) is 0.500. The maximum absolute atomic E-state index is 12.5. The third-order valence-corrected chi connectivity index (χ3v) is 3.56. The first-order chi connectivity index (χ1) is 10.4. The van der Waals surface area contributed by atoms with Crippen LogP contribution in [0.3, 0.4) is 0 Å². The van der Waals surface area contributed by atoms with E-state index in [9.17, 15) is 18.0 Å². The van der Waals surface area contributed by atoms with Gasteiger partial charge in [-0.2, -0.15) is 23.3 Å². The quantitative estimate of drug-likeness (QED) is 0.838. The SMILES string of the molecule is Cn1nccc1C(=O)N1CCC(c2noc(C(F)(F)F)n2)C1. The molecule has 0 aliphatic carbocycles. The number of carbonyl (C=O) groups excluding carboxylic acids is 1. The van der Waals surface area contributed by atoms with Crippen LogP contribution in [-0.4, -0.2) is 43.8 Å². The summed E-state index contributed by atoms with van der Waals surface area (Å²) in [4.78, 5) is 17.2. The van der Waals surface area contributed by atoms with E-state index in [0.717, 1.165) is 0 Å². The van der Waals surface area contributed by atoms with Crippen LogP contribution in [0.1, 0.15) is 34.5 Å². The molecule has 1 unspecified atom stereocenters. The number of rotatable bonds is 2. The van der Waals surface area contributed by atoms with Gasteiger partial charge in [-0.05, 0) is 12.5 Å². The van der Waals surface area contributed by atoms with E-state index in [0.29, 0.717) is 18.7 Å².